The molecule has 0 aliphatic carbocycles. The molecule has 1 amide bonds. The van der Waals surface area contributed by atoms with Gasteiger partial charge in [-0.15, -0.1) is 0 Å². The Labute approximate surface area is 135 Å². The van der Waals surface area contributed by atoms with Gasteiger partial charge in [0, 0.05) is 44.1 Å². The molecule has 2 aromatic rings. The minimum atomic E-state index is -0.0248. The van der Waals surface area contributed by atoms with Crippen LogP contribution < -0.4 is 0 Å². The zero-order valence-electron chi connectivity index (χ0n) is 13.1. The molecule has 0 spiro atoms. The van der Waals surface area contributed by atoms with Crippen molar-refractivity contribution in [2.24, 2.45) is 0 Å². The van der Waals surface area contributed by atoms with Crippen LogP contribution in [-0.2, 0) is 0 Å². The van der Waals surface area contributed by atoms with E-state index in [4.69, 9.17) is 0 Å². The molecule has 1 aromatic carbocycles. The first-order valence-corrected chi connectivity index (χ1v) is 7.80. The van der Waals surface area contributed by atoms with Gasteiger partial charge in [0.1, 0.15) is 5.75 Å². The fraction of sp³-hybridized carbons (Fsp3) is 0.353. The second-order valence-corrected chi connectivity index (χ2v) is 5.57. The third kappa shape index (κ3) is 3.48. The Morgan fingerprint density at radius 3 is 2.48 bits per heavy atom. The van der Waals surface area contributed by atoms with E-state index in [0.29, 0.717) is 11.4 Å². The third-order valence-electron chi connectivity index (χ3n) is 4.11. The Bertz CT molecular complexity index is 679. The molecule has 1 fully saturated rings. The summed E-state index contributed by atoms with van der Waals surface area (Å²) in [5.74, 6) is 0.636. The molecule has 1 aromatic heterocycles. The lowest BCUT2D eigenvalue weighted by atomic mass is 10.2. The van der Waals surface area contributed by atoms with Crippen molar-refractivity contribution in [3.05, 3.63) is 42.2 Å². The second kappa shape index (κ2) is 6.75. The Hall–Kier alpha value is -2.47. The number of hydrogen-bond acceptors (Lipinski definition) is 5. The average Bonchev–Trinajstić information content (AvgIpc) is 2.61. The van der Waals surface area contributed by atoms with E-state index in [1.165, 1.54) is 0 Å². The number of phenols is 1. The van der Waals surface area contributed by atoms with Gasteiger partial charge in [0.05, 0.1) is 5.56 Å². The molecule has 2 heterocycles. The van der Waals surface area contributed by atoms with Gasteiger partial charge in [-0.05, 0) is 18.7 Å². The number of rotatable bonds is 3. The number of piperazine rings is 1. The number of amides is 1. The molecular formula is C17H20N4O2. The van der Waals surface area contributed by atoms with E-state index in [0.717, 1.165) is 38.3 Å². The summed E-state index contributed by atoms with van der Waals surface area (Å²) in [5, 5.41) is 9.51. The van der Waals surface area contributed by atoms with Gasteiger partial charge in [-0.25, -0.2) is 9.97 Å². The zero-order chi connectivity index (χ0) is 16.2. The fourth-order valence-corrected chi connectivity index (χ4v) is 2.68. The summed E-state index contributed by atoms with van der Waals surface area (Å²) in [6.45, 7) is 6.44. The predicted molar refractivity (Wildman–Crippen MR) is 87.2 cm³/mol. The number of likely N-dealkylation sites (N-methyl/N-ethyl adjacent to an activating group) is 1. The van der Waals surface area contributed by atoms with Gasteiger partial charge in [-0.1, -0.05) is 19.1 Å². The van der Waals surface area contributed by atoms with Gasteiger partial charge in [0.15, 0.2) is 5.82 Å². The van der Waals surface area contributed by atoms with Crippen LogP contribution in [0.25, 0.3) is 11.4 Å². The first-order valence-electron chi connectivity index (χ1n) is 7.80. The van der Waals surface area contributed by atoms with Gasteiger partial charge in [-0.2, -0.15) is 0 Å². The number of nitrogens with zero attached hydrogens (tertiary/aromatic N) is 4. The van der Waals surface area contributed by atoms with Crippen molar-refractivity contribution in [2.75, 3.05) is 32.7 Å². The molecule has 1 aliphatic heterocycles. The van der Waals surface area contributed by atoms with Crippen molar-refractivity contribution in [1.29, 1.82) is 0 Å². The molecule has 3 rings (SSSR count). The Kier molecular flexibility index (Phi) is 4.52. The Balaban J connectivity index is 1.71. The average molecular weight is 312 g/mol. The number of hydrogen-bond donors (Lipinski definition) is 1. The molecular weight excluding hydrogens is 292 g/mol. The maximum absolute atomic E-state index is 12.5. The lowest BCUT2D eigenvalue weighted by Gasteiger charge is -2.33. The number of aromatic nitrogens is 2. The maximum atomic E-state index is 12.5. The van der Waals surface area contributed by atoms with E-state index in [-0.39, 0.29) is 11.7 Å². The minimum absolute atomic E-state index is 0.0248. The molecule has 1 N–H and O–H groups in total. The van der Waals surface area contributed by atoms with Crippen LogP contribution in [0, 0.1) is 0 Å². The Morgan fingerprint density at radius 1 is 1.17 bits per heavy atom. The highest BCUT2D eigenvalue weighted by atomic mass is 16.3. The number of aromatic hydroxyl groups is 1. The van der Waals surface area contributed by atoms with Crippen LogP contribution in [0.15, 0.2) is 36.7 Å². The lowest BCUT2D eigenvalue weighted by Crippen LogP contribution is -2.48. The van der Waals surface area contributed by atoms with Gasteiger partial charge in [-0.3, -0.25) is 4.79 Å². The van der Waals surface area contributed by atoms with E-state index in [9.17, 15) is 9.90 Å². The van der Waals surface area contributed by atoms with Crippen molar-refractivity contribution in [2.45, 2.75) is 6.92 Å². The largest absolute Gasteiger partial charge is 0.508 e. The molecule has 6 nitrogen and oxygen atoms in total. The summed E-state index contributed by atoms with van der Waals surface area (Å²) in [7, 11) is 0. The lowest BCUT2D eigenvalue weighted by molar-refractivity contribution is 0.0642. The van der Waals surface area contributed by atoms with Crippen LogP contribution in [-0.4, -0.2) is 63.5 Å². The molecule has 120 valence electrons. The summed E-state index contributed by atoms with van der Waals surface area (Å²) in [4.78, 5) is 25.2. The van der Waals surface area contributed by atoms with Crippen LogP contribution in [0.3, 0.4) is 0 Å². The summed E-state index contributed by atoms with van der Waals surface area (Å²) in [5.41, 5.74) is 1.22. The number of carbonyl (C=O) groups is 1. The molecule has 0 radical (unpaired) electrons. The number of benzene rings is 1. The first kappa shape index (κ1) is 15.4. The smallest absolute Gasteiger partial charge is 0.257 e. The molecule has 1 aliphatic rings. The number of carbonyl (C=O) groups excluding carboxylic acids is 1. The second-order valence-electron chi connectivity index (χ2n) is 5.57. The van der Waals surface area contributed by atoms with E-state index < -0.39 is 0 Å². The normalized spacial score (nSPS) is 15.6. The minimum Gasteiger partial charge on any atom is -0.508 e. The number of phenolic OH excluding ortho intramolecular Hbond substituents is 1. The summed E-state index contributed by atoms with van der Waals surface area (Å²) < 4.78 is 0. The molecule has 0 bridgehead atoms. The van der Waals surface area contributed by atoms with E-state index in [1.54, 1.807) is 30.6 Å². The van der Waals surface area contributed by atoms with Crippen molar-refractivity contribution < 1.29 is 9.90 Å². The first-order chi connectivity index (χ1) is 11.2. The molecule has 1 saturated heterocycles. The molecule has 0 unspecified atom stereocenters. The maximum Gasteiger partial charge on any atom is 0.257 e. The van der Waals surface area contributed by atoms with E-state index >= 15 is 0 Å². The highest BCUT2D eigenvalue weighted by molar-refractivity contribution is 5.93. The SMILES string of the molecule is CCN1CCN(C(=O)c2cnc(-c3cccc(O)c3)nc2)CC1. The van der Waals surface area contributed by atoms with Gasteiger partial charge >= 0.3 is 0 Å². The zero-order valence-corrected chi connectivity index (χ0v) is 13.1. The predicted octanol–water partition coefficient (Wildman–Crippen LogP) is 1.63. The van der Waals surface area contributed by atoms with Crippen LogP contribution in [0.5, 0.6) is 5.75 Å². The quantitative estimate of drug-likeness (QED) is 0.933. The molecule has 0 saturated carbocycles. The van der Waals surface area contributed by atoms with Crippen molar-refractivity contribution in [3.8, 4) is 17.1 Å². The van der Waals surface area contributed by atoms with Crippen molar-refractivity contribution in [1.82, 2.24) is 19.8 Å². The van der Waals surface area contributed by atoms with Crippen molar-refractivity contribution >= 4 is 5.91 Å². The monoisotopic (exact) mass is 312 g/mol. The Morgan fingerprint density at radius 2 is 1.87 bits per heavy atom. The highest BCUT2D eigenvalue weighted by Crippen LogP contribution is 2.19. The standard InChI is InChI=1S/C17H20N4O2/c1-2-20-6-8-21(9-7-20)17(23)14-11-18-16(19-12-14)13-4-3-5-15(22)10-13/h3-5,10-12,22H,2,6-9H2,1H3. The van der Waals surface area contributed by atoms with E-state index in [1.807, 2.05) is 11.0 Å². The topological polar surface area (TPSA) is 69.6 Å². The summed E-state index contributed by atoms with van der Waals surface area (Å²) in [6, 6.07) is 6.75. The van der Waals surface area contributed by atoms with E-state index in [2.05, 4.69) is 21.8 Å². The van der Waals surface area contributed by atoms with Crippen molar-refractivity contribution in [3.63, 3.8) is 0 Å². The van der Waals surface area contributed by atoms with Gasteiger partial charge in [0.2, 0.25) is 0 Å². The summed E-state index contributed by atoms with van der Waals surface area (Å²) in [6.07, 6.45) is 3.11. The van der Waals surface area contributed by atoms with Crippen LogP contribution >= 0.6 is 0 Å². The molecule has 6 heteroatoms. The molecule has 0 atom stereocenters. The van der Waals surface area contributed by atoms with Crippen LogP contribution in [0.4, 0.5) is 0 Å². The van der Waals surface area contributed by atoms with Gasteiger partial charge < -0.3 is 14.9 Å². The molecule has 23 heavy (non-hydrogen) atoms. The fourth-order valence-electron chi connectivity index (χ4n) is 2.68. The van der Waals surface area contributed by atoms with Crippen LogP contribution in [0.1, 0.15) is 17.3 Å². The third-order valence-corrected chi connectivity index (χ3v) is 4.11. The highest BCUT2D eigenvalue weighted by Gasteiger charge is 2.21. The summed E-state index contributed by atoms with van der Waals surface area (Å²) >= 11 is 0. The van der Waals surface area contributed by atoms with Crippen LogP contribution in [0.2, 0.25) is 0 Å². The van der Waals surface area contributed by atoms with Gasteiger partial charge in [0.25, 0.3) is 5.91 Å².